The fraction of sp³-hybridized carbons (Fsp3) is 0.824. The highest BCUT2D eigenvalue weighted by Crippen LogP contribution is 2.39. The monoisotopic (exact) mass is 354 g/mol. The second-order valence-corrected chi connectivity index (χ2v) is 7.01. The van der Waals surface area contributed by atoms with Gasteiger partial charge in [-0.15, -0.1) is 0 Å². The van der Waals surface area contributed by atoms with Gasteiger partial charge in [0, 0.05) is 20.0 Å². The zero-order valence-electron chi connectivity index (χ0n) is 14.5. The van der Waals surface area contributed by atoms with Crippen LogP contribution in [0.15, 0.2) is 0 Å². The van der Waals surface area contributed by atoms with Crippen LogP contribution in [0.3, 0.4) is 0 Å². The van der Waals surface area contributed by atoms with Crippen molar-refractivity contribution in [3.05, 3.63) is 0 Å². The van der Waals surface area contributed by atoms with E-state index in [1.54, 1.807) is 0 Å². The number of esters is 1. The first-order valence-corrected chi connectivity index (χ1v) is 9.04. The highest BCUT2D eigenvalue weighted by Gasteiger charge is 2.47. The van der Waals surface area contributed by atoms with Crippen molar-refractivity contribution in [2.75, 3.05) is 13.2 Å². The standard InChI is InChI=1S/C17H26N2O6/c1-10(20)23-6-2-3-7-24-12-5-4-11-8-13-15(21)18-17(22)19-16(13)25-14(11)9-12/h11-14,16H,2-9H2,1H3,(H2,18,19,21,22). The normalized spacial score (nSPS) is 34.4. The van der Waals surface area contributed by atoms with E-state index in [1.807, 2.05) is 0 Å². The van der Waals surface area contributed by atoms with Crippen molar-refractivity contribution in [1.82, 2.24) is 10.6 Å². The lowest BCUT2D eigenvalue weighted by atomic mass is 9.76. The fourth-order valence-corrected chi connectivity index (χ4v) is 3.89. The van der Waals surface area contributed by atoms with E-state index in [4.69, 9.17) is 14.2 Å². The average Bonchev–Trinajstić information content (AvgIpc) is 2.56. The van der Waals surface area contributed by atoms with Crippen LogP contribution in [0.4, 0.5) is 4.79 Å². The van der Waals surface area contributed by atoms with E-state index in [1.165, 1.54) is 6.92 Å². The minimum absolute atomic E-state index is 0.0206. The number of imide groups is 1. The fourth-order valence-electron chi connectivity index (χ4n) is 3.89. The summed E-state index contributed by atoms with van der Waals surface area (Å²) in [6.45, 7) is 2.47. The predicted octanol–water partition coefficient (Wildman–Crippen LogP) is 1.09. The van der Waals surface area contributed by atoms with Gasteiger partial charge in [-0.3, -0.25) is 14.9 Å². The number of fused-ring (bicyclic) bond motifs is 2. The van der Waals surface area contributed by atoms with Gasteiger partial charge in [0.25, 0.3) is 0 Å². The van der Waals surface area contributed by atoms with E-state index in [0.717, 1.165) is 38.5 Å². The van der Waals surface area contributed by atoms with E-state index in [2.05, 4.69) is 10.6 Å². The molecule has 2 heterocycles. The molecule has 25 heavy (non-hydrogen) atoms. The summed E-state index contributed by atoms with van der Waals surface area (Å²) in [6.07, 6.45) is 4.73. The summed E-state index contributed by atoms with van der Waals surface area (Å²) in [5.74, 6) is -0.447. The summed E-state index contributed by atoms with van der Waals surface area (Å²) < 4.78 is 16.8. The van der Waals surface area contributed by atoms with Crippen LogP contribution in [0.5, 0.6) is 0 Å². The lowest BCUT2D eigenvalue weighted by Crippen LogP contribution is -2.63. The number of carbonyl (C=O) groups excluding carboxylic acids is 3. The number of amides is 3. The average molecular weight is 354 g/mol. The van der Waals surface area contributed by atoms with Gasteiger partial charge in [-0.2, -0.15) is 0 Å². The van der Waals surface area contributed by atoms with Gasteiger partial charge in [-0.05, 0) is 38.0 Å². The van der Waals surface area contributed by atoms with Gasteiger partial charge in [-0.1, -0.05) is 0 Å². The molecule has 3 amide bonds. The topological polar surface area (TPSA) is 103 Å². The first-order chi connectivity index (χ1) is 12.0. The zero-order valence-corrected chi connectivity index (χ0v) is 14.5. The van der Waals surface area contributed by atoms with Crippen LogP contribution >= 0.6 is 0 Å². The predicted molar refractivity (Wildman–Crippen MR) is 86.4 cm³/mol. The Morgan fingerprint density at radius 2 is 2.00 bits per heavy atom. The maximum absolute atomic E-state index is 11.9. The van der Waals surface area contributed by atoms with Crippen molar-refractivity contribution in [2.45, 2.75) is 63.9 Å². The van der Waals surface area contributed by atoms with Gasteiger partial charge in [0.15, 0.2) is 0 Å². The lowest BCUT2D eigenvalue weighted by molar-refractivity contribution is -0.172. The van der Waals surface area contributed by atoms with Crippen LogP contribution in [0, 0.1) is 11.8 Å². The van der Waals surface area contributed by atoms with Gasteiger partial charge in [0.2, 0.25) is 5.91 Å². The molecular weight excluding hydrogens is 328 g/mol. The quantitative estimate of drug-likeness (QED) is 0.547. The molecule has 8 nitrogen and oxygen atoms in total. The molecule has 8 heteroatoms. The molecule has 2 saturated heterocycles. The van der Waals surface area contributed by atoms with Crippen molar-refractivity contribution < 1.29 is 28.6 Å². The second-order valence-electron chi connectivity index (χ2n) is 7.01. The molecule has 5 unspecified atom stereocenters. The molecule has 1 saturated carbocycles. The van der Waals surface area contributed by atoms with Crippen molar-refractivity contribution in [1.29, 1.82) is 0 Å². The molecular formula is C17H26N2O6. The molecule has 0 aromatic carbocycles. The summed E-state index contributed by atoms with van der Waals surface area (Å²) in [5, 5.41) is 5.01. The largest absolute Gasteiger partial charge is 0.466 e. The maximum Gasteiger partial charge on any atom is 0.323 e. The Bertz CT molecular complexity index is 525. The SMILES string of the molecule is CC(=O)OCCCCOC1CCC2CC3C(=O)NC(=O)NC3OC2C1. The molecule has 3 rings (SSSR count). The summed E-state index contributed by atoms with van der Waals surface area (Å²) in [7, 11) is 0. The number of hydrogen-bond donors (Lipinski definition) is 2. The van der Waals surface area contributed by atoms with Crippen molar-refractivity contribution in [3.63, 3.8) is 0 Å². The Balaban J connectivity index is 1.40. The molecule has 0 aromatic heterocycles. The minimum atomic E-state index is -0.523. The highest BCUT2D eigenvalue weighted by atomic mass is 16.5. The summed E-state index contributed by atoms with van der Waals surface area (Å²) in [4.78, 5) is 34.1. The van der Waals surface area contributed by atoms with Crippen molar-refractivity contribution in [2.24, 2.45) is 11.8 Å². The molecule has 0 radical (unpaired) electrons. The number of nitrogens with one attached hydrogen (secondary N) is 2. The third kappa shape index (κ3) is 4.70. The van der Waals surface area contributed by atoms with Crippen LogP contribution in [0.1, 0.15) is 45.4 Å². The van der Waals surface area contributed by atoms with E-state index in [9.17, 15) is 14.4 Å². The molecule has 2 N–H and O–H groups in total. The van der Waals surface area contributed by atoms with E-state index in [-0.39, 0.29) is 30.0 Å². The summed E-state index contributed by atoms with van der Waals surface area (Å²) in [5.41, 5.74) is 0. The summed E-state index contributed by atoms with van der Waals surface area (Å²) >= 11 is 0. The van der Waals surface area contributed by atoms with Crippen LogP contribution in [-0.2, 0) is 23.8 Å². The number of rotatable bonds is 6. The van der Waals surface area contributed by atoms with E-state index < -0.39 is 12.3 Å². The Labute approximate surface area is 146 Å². The highest BCUT2D eigenvalue weighted by molar-refractivity contribution is 5.98. The maximum atomic E-state index is 11.9. The van der Waals surface area contributed by atoms with Gasteiger partial charge < -0.3 is 19.5 Å². The first-order valence-electron chi connectivity index (χ1n) is 9.04. The van der Waals surface area contributed by atoms with Gasteiger partial charge in [-0.25, -0.2) is 4.79 Å². The van der Waals surface area contributed by atoms with Gasteiger partial charge in [0.1, 0.15) is 6.23 Å². The molecule has 140 valence electrons. The molecule has 3 fully saturated rings. The van der Waals surface area contributed by atoms with Crippen molar-refractivity contribution in [3.8, 4) is 0 Å². The molecule has 1 aliphatic carbocycles. The minimum Gasteiger partial charge on any atom is -0.466 e. The van der Waals surface area contributed by atoms with E-state index >= 15 is 0 Å². The molecule has 0 spiro atoms. The van der Waals surface area contributed by atoms with Crippen LogP contribution < -0.4 is 10.6 Å². The van der Waals surface area contributed by atoms with E-state index in [0.29, 0.717) is 19.1 Å². The van der Waals surface area contributed by atoms with Gasteiger partial charge >= 0.3 is 12.0 Å². The molecule has 2 aliphatic heterocycles. The molecule has 0 aromatic rings. The molecule has 3 aliphatic rings. The molecule has 5 atom stereocenters. The number of ether oxygens (including phenoxy) is 3. The second kappa shape index (κ2) is 8.14. The first kappa shape index (κ1) is 18.1. The Hall–Kier alpha value is -1.67. The number of carbonyl (C=O) groups is 3. The molecule has 0 bridgehead atoms. The third-order valence-corrected chi connectivity index (χ3v) is 5.17. The van der Waals surface area contributed by atoms with Crippen LogP contribution in [0.2, 0.25) is 0 Å². The summed E-state index contributed by atoms with van der Waals surface area (Å²) in [6, 6.07) is -0.485. The lowest BCUT2D eigenvalue weighted by Gasteiger charge is -2.46. The van der Waals surface area contributed by atoms with Gasteiger partial charge in [0.05, 0.1) is 24.7 Å². The van der Waals surface area contributed by atoms with Crippen LogP contribution in [0.25, 0.3) is 0 Å². The Morgan fingerprint density at radius 1 is 1.20 bits per heavy atom. The Morgan fingerprint density at radius 3 is 2.80 bits per heavy atom. The van der Waals surface area contributed by atoms with Crippen molar-refractivity contribution >= 4 is 17.9 Å². The number of unbranched alkanes of at least 4 members (excludes halogenated alkanes) is 1. The number of hydrogen-bond acceptors (Lipinski definition) is 6. The zero-order chi connectivity index (χ0) is 17.8. The number of urea groups is 1. The Kier molecular flexibility index (Phi) is 5.90. The smallest absolute Gasteiger partial charge is 0.323 e. The van der Waals surface area contributed by atoms with Crippen LogP contribution in [-0.4, -0.2) is 49.6 Å². The third-order valence-electron chi connectivity index (χ3n) is 5.17.